The molecule has 3 aromatic rings. The number of hydrogen-bond acceptors (Lipinski definition) is 7. The lowest BCUT2D eigenvalue weighted by Crippen LogP contribution is -2.34. The van der Waals surface area contributed by atoms with Gasteiger partial charge in [0.2, 0.25) is 0 Å². The summed E-state index contributed by atoms with van der Waals surface area (Å²) in [5.41, 5.74) is 9.12. The summed E-state index contributed by atoms with van der Waals surface area (Å²) in [7, 11) is 0. The van der Waals surface area contributed by atoms with Crippen LogP contribution in [0.3, 0.4) is 0 Å². The number of aromatic nitrogens is 5. The summed E-state index contributed by atoms with van der Waals surface area (Å²) in [6, 6.07) is 3.04. The van der Waals surface area contributed by atoms with E-state index in [2.05, 4.69) is 25.5 Å². The first kappa shape index (κ1) is 13.5. The van der Waals surface area contributed by atoms with Gasteiger partial charge >= 0.3 is 0 Å². The predicted molar refractivity (Wildman–Crippen MR) is 72.9 cm³/mol. The maximum absolute atomic E-state index is 13.4. The molecule has 3 heterocycles. The number of nitrogens with one attached hydrogen (secondary N) is 1. The summed E-state index contributed by atoms with van der Waals surface area (Å²) in [4.78, 5) is 12.3. The smallest absolute Gasteiger partial charge is 0.158 e. The second-order valence-corrected chi connectivity index (χ2v) is 4.38. The molecule has 3 aromatic heterocycles. The Morgan fingerprint density at radius 2 is 2.05 bits per heavy atom. The van der Waals surface area contributed by atoms with Crippen molar-refractivity contribution in [2.24, 2.45) is 11.6 Å². The van der Waals surface area contributed by atoms with Crippen molar-refractivity contribution in [2.45, 2.75) is 12.7 Å². The van der Waals surface area contributed by atoms with E-state index in [0.29, 0.717) is 29.1 Å². The minimum Gasteiger partial charge on any atom is -0.310 e. The van der Waals surface area contributed by atoms with Crippen molar-refractivity contribution >= 4 is 11.0 Å². The van der Waals surface area contributed by atoms with Gasteiger partial charge in [0.25, 0.3) is 0 Å². The molecule has 0 spiro atoms. The van der Waals surface area contributed by atoms with Crippen molar-refractivity contribution in [1.82, 2.24) is 30.2 Å². The molecule has 1 unspecified atom stereocenters. The Bertz CT molecular complexity index is 757. The van der Waals surface area contributed by atoms with E-state index in [1.165, 1.54) is 6.07 Å². The number of rotatable bonds is 4. The number of nitrogens with zero attached hydrogens (tertiary/aromatic N) is 5. The fraction of sp³-hybridized carbons (Fsp3) is 0.167. The Kier molecular flexibility index (Phi) is 3.52. The van der Waals surface area contributed by atoms with Crippen LogP contribution < -0.4 is 17.0 Å². The zero-order valence-electron chi connectivity index (χ0n) is 10.9. The highest BCUT2D eigenvalue weighted by atomic mass is 19.1. The van der Waals surface area contributed by atoms with Gasteiger partial charge in [-0.05, 0) is 12.1 Å². The second-order valence-electron chi connectivity index (χ2n) is 4.38. The van der Waals surface area contributed by atoms with Crippen LogP contribution in [0.5, 0.6) is 0 Å². The van der Waals surface area contributed by atoms with E-state index in [-0.39, 0.29) is 0 Å². The van der Waals surface area contributed by atoms with Crippen LogP contribution in [0.2, 0.25) is 0 Å². The fourth-order valence-corrected chi connectivity index (χ4v) is 2.02. The van der Waals surface area contributed by atoms with Crippen molar-refractivity contribution in [1.29, 1.82) is 0 Å². The SMILES string of the molecule is NNC(N)c1nn(Cc2ncccn2)c2ncc(F)cc12. The normalized spacial score (nSPS) is 12.7. The van der Waals surface area contributed by atoms with Crippen LogP contribution in [0.25, 0.3) is 11.0 Å². The molecule has 0 saturated carbocycles. The monoisotopic (exact) mass is 288 g/mol. The first-order valence-electron chi connectivity index (χ1n) is 6.18. The van der Waals surface area contributed by atoms with Crippen LogP contribution in [0.4, 0.5) is 4.39 Å². The van der Waals surface area contributed by atoms with E-state index in [4.69, 9.17) is 11.6 Å². The van der Waals surface area contributed by atoms with Crippen LogP contribution in [-0.4, -0.2) is 24.7 Å². The number of nitrogens with two attached hydrogens (primary N) is 2. The maximum Gasteiger partial charge on any atom is 0.158 e. The van der Waals surface area contributed by atoms with E-state index < -0.39 is 12.0 Å². The fourth-order valence-electron chi connectivity index (χ4n) is 2.02. The minimum absolute atomic E-state index is 0.299. The van der Waals surface area contributed by atoms with Crippen molar-refractivity contribution in [3.05, 3.63) is 48.1 Å². The summed E-state index contributed by atoms with van der Waals surface area (Å²) < 4.78 is 15.0. The Hall–Kier alpha value is -2.49. The van der Waals surface area contributed by atoms with Crippen molar-refractivity contribution in [3.63, 3.8) is 0 Å². The number of hydrazine groups is 1. The quantitative estimate of drug-likeness (QED) is 0.346. The Labute approximate surface area is 119 Å². The molecule has 0 amide bonds. The van der Waals surface area contributed by atoms with Crippen LogP contribution in [0, 0.1) is 5.82 Å². The van der Waals surface area contributed by atoms with Crippen LogP contribution in [-0.2, 0) is 6.54 Å². The summed E-state index contributed by atoms with van der Waals surface area (Å²) in [6.45, 7) is 0.299. The summed E-state index contributed by atoms with van der Waals surface area (Å²) in [5, 5.41) is 4.83. The van der Waals surface area contributed by atoms with E-state index in [1.807, 2.05) is 0 Å². The van der Waals surface area contributed by atoms with Crippen molar-refractivity contribution in [2.75, 3.05) is 0 Å². The van der Waals surface area contributed by atoms with Gasteiger partial charge in [0, 0.05) is 17.8 Å². The highest BCUT2D eigenvalue weighted by Gasteiger charge is 2.18. The summed E-state index contributed by atoms with van der Waals surface area (Å²) in [5.74, 6) is 5.43. The largest absolute Gasteiger partial charge is 0.310 e. The summed E-state index contributed by atoms with van der Waals surface area (Å²) >= 11 is 0. The standard InChI is InChI=1S/C12H13FN8/c13-7-4-8-10(11(14)19-15)20-21(12(8)18-5-7)6-9-16-2-1-3-17-9/h1-5,11,19H,6,14-15H2. The summed E-state index contributed by atoms with van der Waals surface area (Å²) in [6.07, 6.45) is 3.66. The number of pyridine rings is 1. The molecule has 1 atom stereocenters. The first-order valence-corrected chi connectivity index (χ1v) is 6.18. The molecule has 9 heteroatoms. The third-order valence-corrected chi connectivity index (χ3v) is 2.97. The molecule has 108 valence electrons. The van der Waals surface area contributed by atoms with Crippen LogP contribution in [0.15, 0.2) is 30.7 Å². The Morgan fingerprint density at radius 3 is 2.76 bits per heavy atom. The third kappa shape index (κ3) is 2.57. The van der Waals surface area contributed by atoms with E-state index >= 15 is 0 Å². The molecule has 0 saturated heterocycles. The molecule has 0 aliphatic heterocycles. The van der Waals surface area contributed by atoms with E-state index in [0.717, 1.165) is 6.20 Å². The van der Waals surface area contributed by atoms with Gasteiger partial charge in [-0.2, -0.15) is 5.10 Å². The number of halogens is 1. The van der Waals surface area contributed by atoms with Gasteiger partial charge in [-0.25, -0.2) is 29.4 Å². The van der Waals surface area contributed by atoms with Gasteiger partial charge in [0.15, 0.2) is 5.65 Å². The molecule has 3 rings (SSSR count). The van der Waals surface area contributed by atoms with Crippen molar-refractivity contribution in [3.8, 4) is 0 Å². The average molecular weight is 288 g/mol. The molecule has 0 radical (unpaired) electrons. The molecule has 0 fully saturated rings. The number of fused-ring (bicyclic) bond motifs is 1. The molecule has 8 nitrogen and oxygen atoms in total. The highest BCUT2D eigenvalue weighted by Crippen LogP contribution is 2.21. The van der Waals surface area contributed by atoms with Crippen LogP contribution in [0.1, 0.15) is 17.7 Å². The van der Waals surface area contributed by atoms with E-state index in [1.54, 1.807) is 23.1 Å². The van der Waals surface area contributed by atoms with Gasteiger partial charge in [0.1, 0.15) is 30.0 Å². The van der Waals surface area contributed by atoms with Gasteiger partial charge in [0.05, 0.1) is 6.20 Å². The molecular formula is C12H13FN8. The van der Waals surface area contributed by atoms with Gasteiger partial charge in [-0.1, -0.05) is 0 Å². The first-order chi connectivity index (χ1) is 10.2. The number of hydrogen-bond donors (Lipinski definition) is 3. The molecule has 0 aliphatic rings. The lowest BCUT2D eigenvalue weighted by atomic mass is 10.2. The molecular weight excluding hydrogens is 275 g/mol. The second kappa shape index (κ2) is 5.48. The average Bonchev–Trinajstić information content (AvgIpc) is 2.85. The predicted octanol–water partition coefficient (Wildman–Crippen LogP) is -0.171. The highest BCUT2D eigenvalue weighted by molar-refractivity contribution is 5.78. The van der Waals surface area contributed by atoms with E-state index in [9.17, 15) is 4.39 Å². The molecule has 5 N–H and O–H groups in total. The molecule has 0 aliphatic carbocycles. The molecule has 21 heavy (non-hydrogen) atoms. The van der Waals surface area contributed by atoms with Crippen LogP contribution >= 0.6 is 0 Å². The zero-order chi connectivity index (χ0) is 14.8. The topological polar surface area (TPSA) is 121 Å². The zero-order valence-corrected chi connectivity index (χ0v) is 10.9. The van der Waals surface area contributed by atoms with Crippen molar-refractivity contribution < 1.29 is 4.39 Å². The molecule has 0 aromatic carbocycles. The Balaban J connectivity index is 2.10. The molecule has 0 bridgehead atoms. The maximum atomic E-state index is 13.4. The lowest BCUT2D eigenvalue weighted by molar-refractivity contribution is 0.546. The van der Waals surface area contributed by atoms with Gasteiger partial charge < -0.3 is 5.73 Å². The lowest BCUT2D eigenvalue weighted by Gasteiger charge is -2.06. The van der Waals surface area contributed by atoms with Gasteiger partial charge in [-0.15, -0.1) is 0 Å². The Morgan fingerprint density at radius 1 is 1.29 bits per heavy atom. The third-order valence-electron chi connectivity index (χ3n) is 2.97. The minimum atomic E-state index is -0.728. The van der Waals surface area contributed by atoms with Gasteiger partial charge in [-0.3, -0.25) is 5.84 Å².